The Kier molecular flexibility index (Phi) is 5.25. The minimum Gasteiger partial charge on any atom is -0.505 e. The van der Waals surface area contributed by atoms with E-state index in [0.29, 0.717) is 22.7 Å². The number of hydrogen-bond acceptors (Lipinski definition) is 4. The van der Waals surface area contributed by atoms with E-state index in [9.17, 15) is 9.90 Å². The van der Waals surface area contributed by atoms with Gasteiger partial charge in [0.15, 0.2) is 22.7 Å². The number of amides is 1. The number of benzene rings is 2. The number of aliphatic imine (C=N–C) groups is 2. The average Bonchev–Trinajstić information content (AvgIpc) is 3.12. The number of nitrogens with two attached hydrogens (primary N) is 2. The number of halogens is 1. The molecule has 0 atom stereocenters. The smallest absolute Gasteiger partial charge is 0.286 e. The first-order chi connectivity index (χ1) is 16.8. The number of carbonyl (C=O) groups is 1. The molecular weight excluding hydrogens is 463 g/mol. The van der Waals surface area contributed by atoms with Crippen LogP contribution in [0.1, 0.15) is 49.7 Å². The zero-order chi connectivity index (χ0) is 24.3. The molecule has 1 amide bonds. The van der Waals surface area contributed by atoms with Crippen LogP contribution in [0.3, 0.4) is 0 Å². The molecule has 35 heavy (non-hydrogen) atoms. The summed E-state index contributed by atoms with van der Waals surface area (Å²) in [6.07, 6.45) is 8.70. The van der Waals surface area contributed by atoms with Crippen molar-refractivity contribution in [2.45, 2.75) is 43.9 Å². The second-order valence-corrected chi connectivity index (χ2v) is 11.5. The van der Waals surface area contributed by atoms with Crippen molar-refractivity contribution < 1.29 is 14.3 Å². The highest BCUT2D eigenvalue weighted by Gasteiger charge is 2.52. The lowest BCUT2D eigenvalue weighted by Gasteiger charge is -2.57. The molecule has 0 saturated heterocycles. The Bertz CT molecular complexity index is 1290. The molecule has 4 bridgehead atoms. The minimum atomic E-state index is -0.575. The first-order valence-corrected chi connectivity index (χ1v) is 12.9. The number of aromatic hydroxyl groups is 1. The van der Waals surface area contributed by atoms with Gasteiger partial charge in [-0.2, -0.15) is 9.98 Å². The van der Waals surface area contributed by atoms with E-state index in [1.165, 1.54) is 25.3 Å². The largest absolute Gasteiger partial charge is 0.505 e. The van der Waals surface area contributed by atoms with Crippen LogP contribution in [0.15, 0.2) is 51.3 Å². The Balaban J connectivity index is 1.34. The third kappa shape index (κ3) is 4.03. The van der Waals surface area contributed by atoms with Gasteiger partial charge in [0.1, 0.15) is 0 Å². The molecule has 2 aromatic rings. The maximum Gasteiger partial charge on any atom is 0.286 e. The Labute approximate surface area is 207 Å². The van der Waals surface area contributed by atoms with Crippen molar-refractivity contribution >= 4 is 34.9 Å². The van der Waals surface area contributed by atoms with Gasteiger partial charge in [-0.3, -0.25) is 4.79 Å². The topological polar surface area (TPSA) is 114 Å². The summed E-state index contributed by atoms with van der Waals surface area (Å²) < 4.78 is 15.1. The van der Waals surface area contributed by atoms with E-state index >= 15 is 4.39 Å². The van der Waals surface area contributed by atoms with Gasteiger partial charge in [0, 0.05) is 5.56 Å². The highest BCUT2D eigenvalue weighted by atomic mass is 32.2. The molecule has 7 rings (SSSR count). The van der Waals surface area contributed by atoms with Crippen LogP contribution in [0.25, 0.3) is 17.2 Å². The quantitative estimate of drug-likeness (QED) is 0.321. The molecule has 1 aliphatic heterocycles. The van der Waals surface area contributed by atoms with Gasteiger partial charge in [-0.15, -0.1) is 0 Å². The summed E-state index contributed by atoms with van der Waals surface area (Å²) in [5.41, 5.74) is 13.8. The van der Waals surface area contributed by atoms with Gasteiger partial charge >= 0.3 is 0 Å². The number of hydrogen-bond donors (Lipinski definition) is 3. The van der Waals surface area contributed by atoms with E-state index in [2.05, 4.69) is 9.98 Å². The summed E-state index contributed by atoms with van der Waals surface area (Å²) in [5.74, 6) is 0.747. The Morgan fingerprint density at radius 2 is 1.77 bits per heavy atom. The van der Waals surface area contributed by atoms with Gasteiger partial charge < -0.3 is 16.6 Å². The fraction of sp³-hybridized carbons (Fsp3) is 0.370. The van der Waals surface area contributed by atoms with Gasteiger partial charge in [0.2, 0.25) is 0 Å². The molecule has 8 heteroatoms. The number of thioether (sulfide) groups is 1. The van der Waals surface area contributed by atoms with Gasteiger partial charge in [0.05, 0.1) is 4.91 Å². The van der Waals surface area contributed by atoms with E-state index in [-0.39, 0.29) is 22.3 Å². The summed E-state index contributed by atoms with van der Waals surface area (Å²) in [5, 5.41) is 11.0. The van der Waals surface area contributed by atoms with Gasteiger partial charge in [-0.05, 0) is 114 Å². The normalized spacial score (nSPS) is 30.1. The molecule has 6 nitrogen and oxygen atoms in total. The van der Waals surface area contributed by atoms with Gasteiger partial charge in [0.25, 0.3) is 5.91 Å². The molecule has 180 valence electrons. The van der Waals surface area contributed by atoms with Gasteiger partial charge in [-0.1, -0.05) is 18.2 Å². The fourth-order valence-electron chi connectivity index (χ4n) is 7.13. The first kappa shape index (κ1) is 22.3. The number of phenols is 1. The Hall–Kier alpha value is -3.13. The van der Waals surface area contributed by atoms with Crippen LogP contribution >= 0.6 is 11.8 Å². The van der Waals surface area contributed by atoms with Crippen molar-refractivity contribution in [3.8, 4) is 16.9 Å². The lowest BCUT2D eigenvalue weighted by molar-refractivity contribution is -0.113. The fourth-order valence-corrected chi connectivity index (χ4v) is 7.93. The van der Waals surface area contributed by atoms with Crippen LogP contribution < -0.4 is 11.5 Å². The molecule has 4 fully saturated rings. The highest BCUT2D eigenvalue weighted by molar-refractivity contribution is 8.18. The van der Waals surface area contributed by atoms with Crippen molar-refractivity contribution in [1.29, 1.82) is 0 Å². The predicted octanol–water partition coefficient (Wildman–Crippen LogP) is 4.91. The highest BCUT2D eigenvalue weighted by Crippen LogP contribution is 2.62. The zero-order valence-corrected chi connectivity index (χ0v) is 20.0. The third-order valence-corrected chi connectivity index (χ3v) is 8.90. The van der Waals surface area contributed by atoms with E-state index in [0.717, 1.165) is 53.3 Å². The van der Waals surface area contributed by atoms with E-state index in [4.69, 9.17) is 11.5 Å². The lowest BCUT2D eigenvalue weighted by atomic mass is 9.48. The molecule has 0 radical (unpaired) electrons. The number of carbonyl (C=O) groups excluding carboxylic acids is 1. The van der Waals surface area contributed by atoms with Crippen LogP contribution in [-0.2, 0) is 10.2 Å². The van der Waals surface area contributed by atoms with Crippen LogP contribution in [0.4, 0.5) is 4.39 Å². The SMILES string of the molecule is NC(N)=NC1=NC(=O)/C(=C/c2cccc(-c3cc(F)c(O)c(C45CC6CC(CC(C6)C4)C5)c3)c2)S1. The molecule has 0 unspecified atom stereocenters. The maximum absolute atomic E-state index is 15.1. The van der Waals surface area contributed by atoms with E-state index in [1.54, 1.807) is 6.08 Å². The molecule has 0 aromatic heterocycles. The molecule has 2 aromatic carbocycles. The van der Waals surface area contributed by atoms with Crippen LogP contribution in [-0.4, -0.2) is 22.1 Å². The molecule has 5 N–H and O–H groups in total. The standard InChI is InChI=1S/C27H27FN4O2S/c28-21-10-19(9-20(23(21)33)27-11-15-4-16(12-27)6-17(5-15)13-27)18-3-1-2-14(7-18)8-22-24(34)31-26(35-22)32-25(29)30/h1-3,7-10,15-17,33H,4-6,11-13H2,(H4,29,30,31,32,34)/b22-8-. The molecule has 4 aliphatic carbocycles. The average molecular weight is 491 g/mol. The minimum absolute atomic E-state index is 0.124. The number of amidine groups is 1. The van der Waals surface area contributed by atoms with Crippen molar-refractivity contribution in [3.05, 3.63) is 58.2 Å². The van der Waals surface area contributed by atoms with Crippen molar-refractivity contribution in [1.82, 2.24) is 0 Å². The zero-order valence-electron chi connectivity index (χ0n) is 19.2. The summed E-state index contributed by atoms with van der Waals surface area (Å²) in [6.45, 7) is 0. The summed E-state index contributed by atoms with van der Waals surface area (Å²) >= 11 is 1.10. The summed E-state index contributed by atoms with van der Waals surface area (Å²) in [7, 11) is 0. The summed E-state index contributed by atoms with van der Waals surface area (Å²) in [4.78, 5) is 20.4. The number of guanidine groups is 1. The van der Waals surface area contributed by atoms with E-state index < -0.39 is 11.7 Å². The molecule has 1 heterocycles. The molecule has 4 saturated carbocycles. The van der Waals surface area contributed by atoms with Crippen molar-refractivity contribution in [2.24, 2.45) is 39.2 Å². The monoisotopic (exact) mass is 490 g/mol. The lowest BCUT2D eigenvalue weighted by Crippen LogP contribution is -2.48. The van der Waals surface area contributed by atoms with Crippen molar-refractivity contribution in [3.63, 3.8) is 0 Å². The number of phenolic OH excluding ortho intramolecular Hbond substituents is 1. The molecule has 5 aliphatic rings. The van der Waals surface area contributed by atoms with Crippen LogP contribution in [0.5, 0.6) is 5.75 Å². The van der Waals surface area contributed by atoms with Crippen LogP contribution in [0, 0.1) is 23.6 Å². The third-order valence-electron chi connectivity index (χ3n) is 8.02. The van der Waals surface area contributed by atoms with Gasteiger partial charge in [-0.25, -0.2) is 4.39 Å². The Morgan fingerprint density at radius 3 is 2.43 bits per heavy atom. The second-order valence-electron chi connectivity index (χ2n) is 10.5. The number of nitrogens with zero attached hydrogens (tertiary/aromatic N) is 2. The molecule has 0 spiro atoms. The predicted molar refractivity (Wildman–Crippen MR) is 137 cm³/mol. The second kappa shape index (κ2) is 8.22. The maximum atomic E-state index is 15.1. The first-order valence-electron chi connectivity index (χ1n) is 12.0. The van der Waals surface area contributed by atoms with Crippen molar-refractivity contribution in [2.75, 3.05) is 0 Å². The molecular formula is C27H27FN4O2S. The number of rotatable bonds is 3. The summed E-state index contributed by atoms with van der Waals surface area (Å²) in [6, 6.07) is 11.0. The Morgan fingerprint density at radius 1 is 1.09 bits per heavy atom. The van der Waals surface area contributed by atoms with Crippen LogP contribution in [0.2, 0.25) is 0 Å². The van der Waals surface area contributed by atoms with E-state index in [1.807, 2.05) is 30.3 Å².